The van der Waals surface area contributed by atoms with E-state index in [-0.39, 0.29) is 12.1 Å². The zero-order chi connectivity index (χ0) is 18.1. The van der Waals surface area contributed by atoms with Gasteiger partial charge in [0.2, 0.25) is 5.88 Å². The van der Waals surface area contributed by atoms with E-state index in [1.165, 1.54) is 5.69 Å². The van der Waals surface area contributed by atoms with Gasteiger partial charge in [-0.05, 0) is 31.5 Å². The fourth-order valence-electron chi connectivity index (χ4n) is 3.35. The van der Waals surface area contributed by atoms with Crippen LogP contribution in [0.1, 0.15) is 17.9 Å². The van der Waals surface area contributed by atoms with Crippen LogP contribution in [0.4, 0.5) is 10.5 Å². The number of aromatic nitrogens is 3. The molecule has 4 rings (SSSR count). The van der Waals surface area contributed by atoms with Crippen molar-refractivity contribution >= 4 is 22.6 Å². The fraction of sp³-hybridized carbons (Fsp3) is 0.316. The molecular weight excluding hydrogens is 330 g/mol. The number of ether oxygens (including phenoxy) is 1. The Hall–Kier alpha value is -3.09. The van der Waals surface area contributed by atoms with Gasteiger partial charge in [0.1, 0.15) is 5.82 Å². The Balaban J connectivity index is 1.42. The van der Waals surface area contributed by atoms with Crippen molar-refractivity contribution in [2.75, 3.05) is 12.4 Å². The third-order valence-corrected chi connectivity index (χ3v) is 4.74. The number of nitrogens with one attached hydrogen (secondary N) is 2. The van der Waals surface area contributed by atoms with Gasteiger partial charge in [-0.25, -0.2) is 14.8 Å². The molecule has 1 aromatic carbocycles. The quantitative estimate of drug-likeness (QED) is 0.760. The van der Waals surface area contributed by atoms with E-state index < -0.39 is 0 Å². The lowest BCUT2D eigenvalue weighted by Crippen LogP contribution is -2.42. The molecule has 134 valence electrons. The van der Waals surface area contributed by atoms with Gasteiger partial charge < -0.3 is 19.9 Å². The smallest absolute Gasteiger partial charge is 0.319 e. The first-order chi connectivity index (χ1) is 12.6. The van der Waals surface area contributed by atoms with Crippen molar-refractivity contribution in [2.45, 2.75) is 32.4 Å². The largest absolute Gasteiger partial charge is 0.481 e. The van der Waals surface area contributed by atoms with Crippen molar-refractivity contribution in [1.82, 2.24) is 19.9 Å². The molecular formula is C19H21N5O2. The summed E-state index contributed by atoms with van der Waals surface area (Å²) in [5.41, 5.74) is 2.64. The molecule has 0 spiro atoms. The van der Waals surface area contributed by atoms with Crippen molar-refractivity contribution in [3.05, 3.63) is 48.0 Å². The van der Waals surface area contributed by atoms with Gasteiger partial charge in [-0.3, -0.25) is 0 Å². The molecule has 0 aliphatic carbocycles. The normalized spacial score (nSPS) is 16.2. The number of hydrogen-bond donors (Lipinski definition) is 2. The third kappa shape index (κ3) is 3.20. The Kier molecular flexibility index (Phi) is 4.20. The summed E-state index contributed by atoms with van der Waals surface area (Å²) in [5.74, 6) is 1.58. The van der Waals surface area contributed by atoms with Crippen molar-refractivity contribution in [3.8, 4) is 5.88 Å². The van der Waals surface area contributed by atoms with Crippen molar-refractivity contribution < 1.29 is 9.53 Å². The van der Waals surface area contributed by atoms with Crippen LogP contribution < -0.4 is 15.4 Å². The molecule has 1 aliphatic rings. The van der Waals surface area contributed by atoms with E-state index in [4.69, 9.17) is 4.74 Å². The lowest BCUT2D eigenvalue weighted by Gasteiger charge is -2.25. The summed E-state index contributed by atoms with van der Waals surface area (Å²) in [4.78, 5) is 21.2. The minimum absolute atomic E-state index is 0.0861. The molecule has 2 aromatic heterocycles. The molecule has 3 heterocycles. The molecule has 7 nitrogen and oxygen atoms in total. The predicted molar refractivity (Wildman–Crippen MR) is 99.5 cm³/mol. The number of fused-ring (bicyclic) bond motifs is 2. The maximum absolute atomic E-state index is 12.4. The Morgan fingerprint density at radius 2 is 2.15 bits per heavy atom. The molecule has 26 heavy (non-hydrogen) atoms. The van der Waals surface area contributed by atoms with Crippen LogP contribution in [0.15, 0.2) is 36.5 Å². The van der Waals surface area contributed by atoms with Gasteiger partial charge in [0.05, 0.1) is 12.6 Å². The number of urea groups is 1. The molecule has 0 bridgehead atoms. The number of amides is 2. The zero-order valence-electron chi connectivity index (χ0n) is 14.8. The molecule has 7 heteroatoms. The van der Waals surface area contributed by atoms with Crippen LogP contribution in [0.3, 0.4) is 0 Å². The van der Waals surface area contributed by atoms with E-state index in [2.05, 4.69) is 32.1 Å². The number of carbonyl (C=O) groups excluding carboxylic acids is 1. The highest BCUT2D eigenvalue weighted by Gasteiger charge is 2.22. The van der Waals surface area contributed by atoms with Gasteiger partial charge in [0, 0.05) is 48.0 Å². The minimum atomic E-state index is -0.214. The highest BCUT2D eigenvalue weighted by atomic mass is 16.5. The number of aryl methyl sites for hydroxylation is 1. The summed E-state index contributed by atoms with van der Waals surface area (Å²) in [6, 6.07) is 9.27. The summed E-state index contributed by atoms with van der Waals surface area (Å²) in [5, 5.41) is 6.92. The van der Waals surface area contributed by atoms with E-state index in [1.807, 2.05) is 36.5 Å². The number of imidazole rings is 1. The number of anilines is 1. The Morgan fingerprint density at radius 3 is 3.00 bits per heavy atom. The average Bonchev–Trinajstić information content (AvgIpc) is 3.01. The molecule has 0 fully saturated rings. The second-order valence-corrected chi connectivity index (χ2v) is 6.52. The number of pyridine rings is 1. The van der Waals surface area contributed by atoms with Crippen molar-refractivity contribution in [1.29, 1.82) is 0 Å². The second kappa shape index (κ2) is 6.67. The number of benzene rings is 1. The molecule has 2 N–H and O–H groups in total. The first kappa shape index (κ1) is 16.4. The molecule has 1 unspecified atom stereocenters. The van der Waals surface area contributed by atoms with Gasteiger partial charge in [-0.15, -0.1) is 0 Å². The van der Waals surface area contributed by atoms with E-state index in [0.717, 1.165) is 36.1 Å². The van der Waals surface area contributed by atoms with E-state index >= 15 is 0 Å². The third-order valence-electron chi connectivity index (χ3n) is 4.74. The maximum atomic E-state index is 12.4. The van der Waals surface area contributed by atoms with Crippen LogP contribution in [0.5, 0.6) is 5.88 Å². The van der Waals surface area contributed by atoms with Crippen LogP contribution in [0.2, 0.25) is 0 Å². The Labute approximate surface area is 151 Å². The zero-order valence-corrected chi connectivity index (χ0v) is 14.8. The van der Waals surface area contributed by atoms with E-state index in [0.29, 0.717) is 11.6 Å². The van der Waals surface area contributed by atoms with Gasteiger partial charge in [0.15, 0.2) is 0 Å². The van der Waals surface area contributed by atoms with Gasteiger partial charge in [0.25, 0.3) is 0 Å². The van der Waals surface area contributed by atoms with Crippen LogP contribution >= 0.6 is 0 Å². The van der Waals surface area contributed by atoms with Crippen LogP contribution in [-0.2, 0) is 13.0 Å². The first-order valence-corrected chi connectivity index (χ1v) is 8.66. The van der Waals surface area contributed by atoms with Crippen LogP contribution in [-0.4, -0.2) is 33.7 Å². The molecule has 1 aliphatic heterocycles. The first-order valence-electron chi connectivity index (χ1n) is 8.66. The lowest BCUT2D eigenvalue weighted by molar-refractivity contribution is 0.245. The minimum Gasteiger partial charge on any atom is -0.481 e. The Morgan fingerprint density at radius 1 is 1.31 bits per heavy atom. The lowest BCUT2D eigenvalue weighted by atomic mass is 10.1. The van der Waals surface area contributed by atoms with Crippen molar-refractivity contribution in [2.24, 2.45) is 0 Å². The van der Waals surface area contributed by atoms with Crippen LogP contribution in [0.25, 0.3) is 10.9 Å². The SMILES string of the molecule is COc1ccc2ccc(NC(=O)NC3CCn4c(C)cnc4C3)cc2n1. The highest BCUT2D eigenvalue weighted by Crippen LogP contribution is 2.21. The summed E-state index contributed by atoms with van der Waals surface area (Å²) < 4.78 is 7.36. The Bertz CT molecular complexity index is 966. The second-order valence-electron chi connectivity index (χ2n) is 6.52. The van der Waals surface area contributed by atoms with Gasteiger partial charge in [-0.2, -0.15) is 0 Å². The monoisotopic (exact) mass is 351 g/mol. The number of rotatable bonds is 3. The van der Waals surface area contributed by atoms with E-state index in [9.17, 15) is 4.79 Å². The topological polar surface area (TPSA) is 81.1 Å². The number of hydrogen-bond acceptors (Lipinski definition) is 4. The number of nitrogens with zero attached hydrogens (tertiary/aromatic N) is 3. The molecule has 3 aromatic rings. The summed E-state index contributed by atoms with van der Waals surface area (Å²) in [7, 11) is 1.58. The molecule has 1 atom stereocenters. The van der Waals surface area contributed by atoms with E-state index in [1.54, 1.807) is 7.11 Å². The summed E-state index contributed by atoms with van der Waals surface area (Å²) in [6.07, 6.45) is 3.53. The maximum Gasteiger partial charge on any atom is 0.319 e. The molecule has 2 amide bonds. The standard InChI is InChI=1S/C19H21N5O2/c1-12-11-20-17-10-15(7-8-24(12)17)22-19(25)21-14-5-3-13-4-6-18(26-2)23-16(13)9-14/h3-6,9,11,15H,7-8,10H2,1-2H3,(H2,21,22,25). The summed E-state index contributed by atoms with van der Waals surface area (Å²) in [6.45, 7) is 2.94. The fourth-order valence-corrected chi connectivity index (χ4v) is 3.35. The van der Waals surface area contributed by atoms with Gasteiger partial charge in [-0.1, -0.05) is 6.07 Å². The number of methoxy groups -OCH3 is 1. The molecule has 0 saturated carbocycles. The van der Waals surface area contributed by atoms with Crippen LogP contribution in [0, 0.1) is 6.92 Å². The average molecular weight is 351 g/mol. The highest BCUT2D eigenvalue weighted by molar-refractivity contribution is 5.92. The predicted octanol–water partition coefficient (Wildman–Crippen LogP) is 2.88. The van der Waals surface area contributed by atoms with Crippen molar-refractivity contribution in [3.63, 3.8) is 0 Å². The van der Waals surface area contributed by atoms with Gasteiger partial charge >= 0.3 is 6.03 Å². The number of carbonyl (C=O) groups is 1. The summed E-state index contributed by atoms with van der Waals surface area (Å²) >= 11 is 0. The molecule has 0 radical (unpaired) electrons. The molecule has 0 saturated heterocycles.